The Morgan fingerprint density at radius 1 is 1.55 bits per heavy atom. The van der Waals surface area contributed by atoms with E-state index in [2.05, 4.69) is 22.4 Å². The lowest BCUT2D eigenvalue weighted by atomic mass is 10.2. The van der Waals surface area contributed by atoms with Crippen molar-refractivity contribution >= 4 is 39.8 Å². The van der Waals surface area contributed by atoms with Crippen LogP contribution >= 0.6 is 22.7 Å². The molecule has 0 unspecified atom stereocenters. The number of nitrogens with one attached hydrogen (secondary N) is 1. The van der Waals surface area contributed by atoms with Gasteiger partial charge in [-0.3, -0.25) is 10.1 Å². The van der Waals surface area contributed by atoms with Crippen LogP contribution in [-0.4, -0.2) is 16.1 Å². The highest BCUT2D eigenvalue weighted by Crippen LogP contribution is 2.18. The smallest absolute Gasteiger partial charge is 0.268 e. The zero-order valence-electron chi connectivity index (χ0n) is 10.8. The number of amides is 1. The average Bonchev–Trinajstić information content (AvgIpc) is 3.08. The van der Waals surface area contributed by atoms with Gasteiger partial charge in [-0.25, -0.2) is 0 Å². The van der Waals surface area contributed by atoms with Crippen LogP contribution in [-0.2, 0) is 11.2 Å². The van der Waals surface area contributed by atoms with Gasteiger partial charge in [0.25, 0.3) is 5.91 Å². The Bertz CT molecular complexity index is 652. The second kappa shape index (κ2) is 6.93. The zero-order chi connectivity index (χ0) is 14.4. The molecule has 0 bridgehead atoms. The molecule has 102 valence electrons. The van der Waals surface area contributed by atoms with Gasteiger partial charge in [0.2, 0.25) is 5.13 Å². The summed E-state index contributed by atoms with van der Waals surface area (Å²) in [5, 5.41) is 22.7. The molecule has 2 aromatic heterocycles. The number of hydrogen-bond acceptors (Lipinski definition) is 6. The quantitative estimate of drug-likeness (QED) is 0.680. The fourth-order valence-corrected chi connectivity index (χ4v) is 2.94. The molecule has 0 spiro atoms. The van der Waals surface area contributed by atoms with Crippen molar-refractivity contribution in [3.8, 4) is 6.07 Å². The van der Waals surface area contributed by atoms with Crippen LogP contribution in [0, 0.1) is 11.3 Å². The molecule has 0 radical (unpaired) electrons. The summed E-state index contributed by atoms with van der Waals surface area (Å²) in [6.45, 7) is 2.05. The van der Waals surface area contributed by atoms with Crippen LogP contribution in [0.5, 0.6) is 0 Å². The highest BCUT2D eigenvalue weighted by Gasteiger charge is 2.12. The molecule has 20 heavy (non-hydrogen) atoms. The van der Waals surface area contributed by atoms with Crippen LogP contribution in [0.25, 0.3) is 6.08 Å². The first kappa shape index (κ1) is 14.4. The number of carbonyl (C=O) groups is 1. The minimum absolute atomic E-state index is 0.0553. The summed E-state index contributed by atoms with van der Waals surface area (Å²) in [6, 6.07) is 5.62. The number of thiophene rings is 1. The van der Waals surface area contributed by atoms with Crippen molar-refractivity contribution in [3.05, 3.63) is 33.0 Å². The fourth-order valence-electron chi connectivity index (χ4n) is 1.45. The molecule has 0 saturated heterocycles. The molecule has 0 aromatic carbocycles. The summed E-state index contributed by atoms with van der Waals surface area (Å²) < 4.78 is 0. The third-order valence-corrected chi connectivity index (χ3v) is 4.06. The Hall–Kier alpha value is -2.04. The van der Waals surface area contributed by atoms with Gasteiger partial charge in [0.05, 0.1) is 0 Å². The molecule has 1 N–H and O–H groups in total. The van der Waals surface area contributed by atoms with E-state index in [-0.39, 0.29) is 5.57 Å². The maximum atomic E-state index is 12.0. The fraction of sp³-hybridized carbons (Fsp3) is 0.231. The highest BCUT2D eigenvalue weighted by molar-refractivity contribution is 7.15. The molecule has 2 rings (SSSR count). The molecular formula is C13H12N4OS2. The van der Waals surface area contributed by atoms with Gasteiger partial charge in [0.15, 0.2) is 0 Å². The summed E-state index contributed by atoms with van der Waals surface area (Å²) >= 11 is 2.80. The van der Waals surface area contributed by atoms with Crippen LogP contribution < -0.4 is 5.32 Å². The van der Waals surface area contributed by atoms with Gasteiger partial charge in [-0.15, -0.1) is 21.5 Å². The van der Waals surface area contributed by atoms with Gasteiger partial charge >= 0.3 is 0 Å². The van der Waals surface area contributed by atoms with Crippen LogP contribution in [0.15, 0.2) is 23.1 Å². The van der Waals surface area contributed by atoms with Gasteiger partial charge in [0, 0.05) is 11.3 Å². The van der Waals surface area contributed by atoms with Gasteiger partial charge in [-0.05, 0) is 23.9 Å². The normalized spacial score (nSPS) is 11.1. The first-order chi connectivity index (χ1) is 9.72. The monoisotopic (exact) mass is 304 g/mol. The minimum atomic E-state index is -0.458. The van der Waals surface area contributed by atoms with Crippen LogP contribution in [0.3, 0.4) is 0 Å². The molecule has 0 aliphatic carbocycles. The Labute approximate surface area is 124 Å². The Kier molecular flexibility index (Phi) is 4.98. The summed E-state index contributed by atoms with van der Waals surface area (Å²) in [7, 11) is 0. The maximum absolute atomic E-state index is 12.0. The average molecular weight is 304 g/mol. The third-order valence-electron chi connectivity index (χ3n) is 2.35. The first-order valence-electron chi connectivity index (χ1n) is 6.02. The van der Waals surface area contributed by atoms with E-state index in [0.717, 1.165) is 22.7 Å². The van der Waals surface area contributed by atoms with E-state index in [1.165, 1.54) is 22.7 Å². The number of hydrogen-bond donors (Lipinski definition) is 1. The summed E-state index contributed by atoms with van der Waals surface area (Å²) in [4.78, 5) is 12.8. The number of nitriles is 1. The number of rotatable bonds is 5. The second-order valence-corrected chi connectivity index (χ2v) is 5.93. The SMILES string of the molecule is CCCc1nnc(NC(=O)/C(C#N)=C\c2cccs2)s1. The zero-order valence-corrected chi connectivity index (χ0v) is 12.4. The number of nitrogens with zero attached hydrogens (tertiary/aromatic N) is 3. The van der Waals surface area contributed by atoms with Gasteiger partial charge in [-0.1, -0.05) is 24.3 Å². The molecule has 2 heterocycles. The lowest BCUT2D eigenvalue weighted by molar-refractivity contribution is -0.112. The second-order valence-electron chi connectivity index (χ2n) is 3.89. The maximum Gasteiger partial charge on any atom is 0.268 e. The molecule has 0 aliphatic rings. The van der Waals surface area contributed by atoms with E-state index in [1.807, 2.05) is 23.6 Å². The van der Waals surface area contributed by atoms with Crippen LogP contribution in [0.2, 0.25) is 0 Å². The largest absolute Gasteiger partial charge is 0.296 e. The summed E-state index contributed by atoms with van der Waals surface area (Å²) in [5.74, 6) is -0.458. The van der Waals surface area contributed by atoms with Gasteiger partial charge in [0.1, 0.15) is 16.6 Å². The number of carbonyl (C=O) groups excluding carboxylic acids is 1. The van der Waals surface area contributed by atoms with Crippen molar-refractivity contribution in [2.45, 2.75) is 19.8 Å². The molecular weight excluding hydrogens is 292 g/mol. The van der Waals surface area contributed by atoms with E-state index in [0.29, 0.717) is 5.13 Å². The lowest BCUT2D eigenvalue weighted by Gasteiger charge is -1.98. The van der Waals surface area contributed by atoms with E-state index >= 15 is 0 Å². The highest BCUT2D eigenvalue weighted by atomic mass is 32.1. The Morgan fingerprint density at radius 3 is 3.05 bits per heavy atom. The molecule has 7 heteroatoms. The molecule has 0 saturated carbocycles. The minimum Gasteiger partial charge on any atom is -0.296 e. The van der Waals surface area contributed by atoms with Crippen molar-refractivity contribution in [1.82, 2.24) is 10.2 Å². The summed E-state index contributed by atoms with van der Waals surface area (Å²) in [5.41, 5.74) is 0.0553. The molecule has 2 aromatic rings. The molecule has 0 fully saturated rings. The Morgan fingerprint density at radius 2 is 2.40 bits per heavy atom. The van der Waals surface area contributed by atoms with Crippen molar-refractivity contribution in [2.24, 2.45) is 0 Å². The van der Waals surface area contributed by atoms with Gasteiger partial charge < -0.3 is 0 Å². The number of aryl methyl sites for hydroxylation is 1. The molecule has 1 amide bonds. The van der Waals surface area contributed by atoms with Crippen LogP contribution in [0.4, 0.5) is 5.13 Å². The number of anilines is 1. The molecule has 5 nitrogen and oxygen atoms in total. The predicted octanol–water partition coefficient (Wildman–Crippen LogP) is 3.10. The standard InChI is InChI=1S/C13H12N4OS2/c1-2-4-11-16-17-13(20-11)15-12(18)9(8-14)7-10-5-3-6-19-10/h3,5-7H,2,4H2,1H3,(H,15,17,18)/b9-7-. The van der Waals surface area contributed by atoms with Crippen LogP contribution in [0.1, 0.15) is 23.2 Å². The van der Waals surface area contributed by atoms with Crippen molar-refractivity contribution in [3.63, 3.8) is 0 Å². The summed E-state index contributed by atoms with van der Waals surface area (Å²) in [6.07, 6.45) is 3.38. The van der Waals surface area contributed by atoms with Crippen molar-refractivity contribution in [2.75, 3.05) is 5.32 Å². The topological polar surface area (TPSA) is 78.7 Å². The predicted molar refractivity (Wildman–Crippen MR) is 80.4 cm³/mol. The lowest BCUT2D eigenvalue weighted by Crippen LogP contribution is -2.13. The van der Waals surface area contributed by atoms with Gasteiger partial charge in [-0.2, -0.15) is 5.26 Å². The number of aromatic nitrogens is 2. The third kappa shape index (κ3) is 3.73. The van der Waals surface area contributed by atoms with E-state index in [1.54, 1.807) is 6.08 Å². The Balaban J connectivity index is 2.08. The molecule has 0 aliphatic heterocycles. The van der Waals surface area contributed by atoms with E-state index < -0.39 is 5.91 Å². The first-order valence-corrected chi connectivity index (χ1v) is 7.71. The molecule has 0 atom stereocenters. The van der Waals surface area contributed by atoms with Crippen molar-refractivity contribution < 1.29 is 4.79 Å². The van der Waals surface area contributed by atoms with Crippen molar-refractivity contribution in [1.29, 1.82) is 5.26 Å². The van der Waals surface area contributed by atoms with E-state index in [4.69, 9.17) is 5.26 Å². The van der Waals surface area contributed by atoms with E-state index in [9.17, 15) is 4.79 Å².